The van der Waals surface area contributed by atoms with Crippen molar-refractivity contribution in [2.24, 2.45) is 0 Å². The van der Waals surface area contributed by atoms with Crippen LogP contribution in [-0.2, 0) is 11.3 Å². The van der Waals surface area contributed by atoms with E-state index in [2.05, 4.69) is 10.3 Å². The summed E-state index contributed by atoms with van der Waals surface area (Å²) < 4.78 is 6.48. The van der Waals surface area contributed by atoms with E-state index in [1.807, 2.05) is 13.8 Å². The highest BCUT2D eigenvalue weighted by atomic mass is 16.5. The predicted molar refractivity (Wildman–Crippen MR) is 80.2 cm³/mol. The van der Waals surface area contributed by atoms with Crippen molar-refractivity contribution < 1.29 is 4.74 Å². The second-order valence-electron chi connectivity index (χ2n) is 4.73. The van der Waals surface area contributed by atoms with Crippen LogP contribution in [0.5, 0.6) is 0 Å². The van der Waals surface area contributed by atoms with E-state index in [9.17, 15) is 9.59 Å². The number of nitrogens with zero attached hydrogens (tertiary/aromatic N) is 1. The van der Waals surface area contributed by atoms with Crippen LogP contribution in [0.2, 0.25) is 0 Å². The van der Waals surface area contributed by atoms with Crippen molar-refractivity contribution >= 4 is 11.5 Å². The van der Waals surface area contributed by atoms with Gasteiger partial charge in [0, 0.05) is 19.7 Å². The topological polar surface area (TPSA) is 102 Å². The molecular formula is C13H24N4O3. The van der Waals surface area contributed by atoms with E-state index in [1.54, 1.807) is 7.11 Å². The van der Waals surface area contributed by atoms with Crippen LogP contribution in [0.3, 0.4) is 0 Å². The lowest BCUT2D eigenvalue weighted by Gasteiger charge is -2.19. The molecule has 0 spiro atoms. The lowest BCUT2D eigenvalue weighted by Crippen LogP contribution is -2.36. The van der Waals surface area contributed by atoms with E-state index in [4.69, 9.17) is 10.5 Å². The van der Waals surface area contributed by atoms with Crippen molar-refractivity contribution in [2.45, 2.75) is 45.7 Å². The Labute approximate surface area is 118 Å². The summed E-state index contributed by atoms with van der Waals surface area (Å²) in [6, 6.07) is -0.0273. The number of rotatable bonds is 8. The number of ether oxygens (including phenoxy) is 1. The average molecular weight is 284 g/mol. The van der Waals surface area contributed by atoms with Crippen LogP contribution >= 0.6 is 0 Å². The molecule has 1 unspecified atom stereocenters. The molecule has 20 heavy (non-hydrogen) atoms. The number of aromatic amines is 1. The zero-order valence-electron chi connectivity index (χ0n) is 12.4. The first kappa shape index (κ1) is 16.3. The summed E-state index contributed by atoms with van der Waals surface area (Å²) in [4.78, 5) is 26.0. The number of hydrogen-bond donors (Lipinski definition) is 3. The highest BCUT2D eigenvalue weighted by Crippen LogP contribution is 2.13. The minimum atomic E-state index is -0.491. The molecule has 1 atom stereocenters. The molecule has 7 nitrogen and oxygen atoms in total. The quantitative estimate of drug-likeness (QED) is 0.654. The molecule has 1 aromatic rings. The van der Waals surface area contributed by atoms with E-state index in [0.717, 1.165) is 19.3 Å². The van der Waals surface area contributed by atoms with Crippen LogP contribution in [0.25, 0.3) is 0 Å². The Morgan fingerprint density at radius 1 is 1.40 bits per heavy atom. The summed E-state index contributed by atoms with van der Waals surface area (Å²) in [6.07, 6.45) is 2.54. The van der Waals surface area contributed by atoms with Gasteiger partial charge in [0.15, 0.2) is 0 Å². The number of nitrogens with one attached hydrogen (secondary N) is 2. The van der Waals surface area contributed by atoms with Gasteiger partial charge in [0.1, 0.15) is 11.5 Å². The lowest BCUT2D eigenvalue weighted by atomic mass is 10.2. The first-order valence-electron chi connectivity index (χ1n) is 6.93. The van der Waals surface area contributed by atoms with Gasteiger partial charge >= 0.3 is 5.69 Å². The minimum absolute atomic E-state index is 0.0273. The average Bonchev–Trinajstić information content (AvgIpc) is 2.42. The Morgan fingerprint density at radius 3 is 2.65 bits per heavy atom. The van der Waals surface area contributed by atoms with Gasteiger partial charge < -0.3 is 15.8 Å². The summed E-state index contributed by atoms with van der Waals surface area (Å²) in [5.41, 5.74) is 5.25. The maximum Gasteiger partial charge on any atom is 0.330 e. The van der Waals surface area contributed by atoms with E-state index < -0.39 is 11.2 Å². The molecule has 0 saturated heterocycles. The van der Waals surface area contributed by atoms with E-state index in [0.29, 0.717) is 13.2 Å². The Balaban J connectivity index is 3.12. The number of nitrogen functional groups attached to an aromatic ring is 1. The fourth-order valence-corrected chi connectivity index (χ4v) is 1.93. The molecule has 0 aliphatic rings. The summed E-state index contributed by atoms with van der Waals surface area (Å²) in [5, 5.41) is 3.06. The molecule has 1 heterocycles. The highest BCUT2D eigenvalue weighted by Gasteiger charge is 2.15. The molecule has 0 bridgehead atoms. The van der Waals surface area contributed by atoms with Crippen LogP contribution in [0.4, 0.5) is 11.5 Å². The maximum atomic E-state index is 11.9. The number of aromatic nitrogens is 2. The van der Waals surface area contributed by atoms with Gasteiger partial charge in [0.2, 0.25) is 0 Å². The number of H-pyrrole nitrogens is 1. The van der Waals surface area contributed by atoms with Crippen molar-refractivity contribution in [1.29, 1.82) is 0 Å². The van der Waals surface area contributed by atoms with Gasteiger partial charge in [-0.05, 0) is 12.8 Å². The first-order chi connectivity index (χ1) is 9.54. The van der Waals surface area contributed by atoms with Crippen LogP contribution in [0.15, 0.2) is 9.59 Å². The Hall–Kier alpha value is -1.76. The van der Waals surface area contributed by atoms with Gasteiger partial charge in [-0.15, -0.1) is 0 Å². The molecule has 0 radical (unpaired) electrons. The zero-order chi connectivity index (χ0) is 15.1. The SMILES string of the molecule is CCCCn1c(N)c(NC(CC)COC)c(=O)[nH]c1=O. The molecule has 0 amide bonds. The van der Waals surface area contributed by atoms with Gasteiger partial charge in [-0.3, -0.25) is 14.3 Å². The molecule has 7 heteroatoms. The standard InChI is InChI=1S/C13H24N4O3/c1-4-6-7-17-11(14)10(12(18)16-13(17)19)15-9(5-2)8-20-3/h9,15H,4-8,14H2,1-3H3,(H,16,18,19). The molecule has 4 N–H and O–H groups in total. The summed E-state index contributed by atoms with van der Waals surface area (Å²) >= 11 is 0. The monoisotopic (exact) mass is 284 g/mol. The lowest BCUT2D eigenvalue weighted by molar-refractivity contribution is 0.184. The Bertz CT molecular complexity index is 535. The maximum absolute atomic E-state index is 11.9. The largest absolute Gasteiger partial charge is 0.383 e. The predicted octanol–water partition coefficient (Wildman–Crippen LogP) is 0.756. The van der Waals surface area contributed by atoms with Crippen LogP contribution in [-0.4, -0.2) is 29.3 Å². The second-order valence-corrected chi connectivity index (χ2v) is 4.73. The van der Waals surface area contributed by atoms with Crippen molar-refractivity contribution in [2.75, 3.05) is 24.8 Å². The zero-order valence-corrected chi connectivity index (χ0v) is 12.4. The van der Waals surface area contributed by atoms with Gasteiger partial charge in [0.05, 0.1) is 6.61 Å². The van der Waals surface area contributed by atoms with Crippen LogP contribution < -0.4 is 22.3 Å². The first-order valence-corrected chi connectivity index (χ1v) is 6.93. The van der Waals surface area contributed by atoms with Crippen LogP contribution in [0, 0.1) is 0 Å². The van der Waals surface area contributed by atoms with Crippen molar-refractivity contribution in [3.8, 4) is 0 Å². The van der Waals surface area contributed by atoms with Crippen molar-refractivity contribution in [3.63, 3.8) is 0 Å². The molecule has 1 rings (SSSR count). The second kappa shape index (κ2) is 7.74. The number of anilines is 2. The smallest absolute Gasteiger partial charge is 0.330 e. The molecule has 0 aromatic carbocycles. The van der Waals surface area contributed by atoms with E-state index in [1.165, 1.54) is 4.57 Å². The fraction of sp³-hybridized carbons (Fsp3) is 0.692. The van der Waals surface area contributed by atoms with Gasteiger partial charge in [-0.2, -0.15) is 0 Å². The Morgan fingerprint density at radius 2 is 2.10 bits per heavy atom. The molecule has 0 aliphatic heterocycles. The Kier molecular flexibility index (Phi) is 6.30. The number of methoxy groups -OCH3 is 1. The van der Waals surface area contributed by atoms with E-state index in [-0.39, 0.29) is 17.5 Å². The molecule has 0 aliphatic carbocycles. The number of nitrogens with two attached hydrogens (primary N) is 1. The summed E-state index contributed by atoms with van der Waals surface area (Å²) in [6.45, 7) is 4.96. The van der Waals surface area contributed by atoms with Crippen molar-refractivity contribution in [1.82, 2.24) is 9.55 Å². The number of unbranched alkanes of at least 4 members (excludes halogenated alkanes) is 1. The van der Waals surface area contributed by atoms with Gasteiger partial charge in [0.25, 0.3) is 5.56 Å². The molecule has 1 aromatic heterocycles. The third-order valence-corrected chi connectivity index (χ3v) is 3.18. The summed E-state index contributed by atoms with van der Waals surface area (Å²) in [5.74, 6) is 0.182. The minimum Gasteiger partial charge on any atom is -0.383 e. The molecular weight excluding hydrogens is 260 g/mol. The van der Waals surface area contributed by atoms with Gasteiger partial charge in [-0.1, -0.05) is 20.3 Å². The normalized spacial score (nSPS) is 12.3. The third-order valence-electron chi connectivity index (χ3n) is 3.18. The van der Waals surface area contributed by atoms with Gasteiger partial charge in [-0.25, -0.2) is 4.79 Å². The fourth-order valence-electron chi connectivity index (χ4n) is 1.93. The van der Waals surface area contributed by atoms with Crippen molar-refractivity contribution in [3.05, 3.63) is 20.8 Å². The molecule has 0 fully saturated rings. The third kappa shape index (κ3) is 3.86. The summed E-state index contributed by atoms with van der Waals surface area (Å²) in [7, 11) is 1.60. The molecule has 114 valence electrons. The number of hydrogen-bond acceptors (Lipinski definition) is 5. The molecule has 0 saturated carbocycles. The van der Waals surface area contributed by atoms with Crippen LogP contribution in [0.1, 0.15) is 33.1 Å². The highest BCUT2D eigenvalue weighted by molar-refractivity contribution is 5.60. The van der Waals surface area contributed by atoms with E-state index >= 15 is 0 Å².